The van der Waals surface area contributed by atoms with Crippen molar-refractivity contribution in [3.63, 3.8) is 0 Å². The summed E-state index contributed by atoms with van der Waals surface area (Å²) in [6.45, 7) is 5.29. The Bertz CT molecular complexity index is 1400. The van der Waals surface area contributed by atoms with Crippen molar-refractivity contribution in [3.8, 4) is 0 Å². The van der Waals surface area contributed by atoms with Gasteiger partial charge >= 0.3 is 0 Å². The van der Waals surface area contributed by atoms with Crippen LogP contribution in [0.1, 0.15) is 40.0 Å². The highest BCUT2D eigenvalue weighted by molar-refractivity contribution is 7.92. The molecule has 0 aliphatic rings. The lowest BCUT2D eigenvalue weighted by Gasteiger charge is -2.16. The van der Waals surface area contributed by atoms with Crippen molar-refractivity contribution in [2.45, 2.75) is 36.6 Å². The molecular formula is C24H26N2O5S2. The molecule has 9 heteroatoms. The minimum atomic E-state index is -3.90. The minimum absolute atomic E-state index is 0.0156. The smallest absolute Gasteiger partial charge is 0.262 e. The molecule has 0 saturated carbocycles. The molecule has 0 aliphatic heterocycles. The maximum Gasteiger partial charge on any atom is 0.262 e. The number of anilines is 1. The van der Waals surface area contributed by atoms with E-state index in [4.69, 9.17) is 0 Å². The van der Waals surface area contributed by atoms with E-state index in [1.54, 1.807) is 56.3 Å². The molecule has 1 amide bonds. The molecule has 2 N–H and O–H groups in total. The van der Waals surface area contributed by atoms with Crippen LogP contribution < -0.4 is 10.0 Å². The molecule has 3 aromatic carbocycles. The van der Waals surface area contributed by atoms with Crippen molar-refractivity contribution in [2.24, 2.45) is 0 Å². The number of hydrogen-bond donors (Lipinski definition) is 2. The molecular weight excluding hydrogens is 460 g/mol. The number of amides is 1. The van der Waals surface area contributed by atoms with Gasteiger partial charge in [-0.2, -0.15) is 0 Å². The van der Waals surface area contributed by atoms with E-state index in [1.807, 2.05) is 13.0 Å². The molecule has 1 atom stereocenters. The molecule has 0 spiro atoms. The topological polar surface area (TPSA) is 109 Å². The van der Waals surface area contributed by atoms with Gasteiger partial charge < -0.3 is 5.32 Å². The van der Waals surface area contributed by atoms with Gasteiger partial charge in [0.2, 0.25) is 0 Å². The van der Waals surface area contributed by atoms with Crippen LogP contribution in [0.3, 0.4) is 0 Å². The lowest BCUT2D eigenvalue weighted by Crippen LogP contribution is -2.27. The second kappa shape index (κ2) is 9.36. The SMILES string of the molecule is Cc1cccc(NS(=O)(=O)c2cc(C(=O)N[C@@H](C)c3ccc(S(C)(=O)=O)cc3)ccc2C)c1. The maximum atomic E-state index is 13.0. The number of carbonyl (C=O) groups excluding carboxylic acids is 1. The Labute approximate surface area is 194 Å². The summed E-state index contributed by atoms with van der Waals surface area (Å²) in [5, 5.41) is 2.82. The molecule has 7 nitrogen and oxygen atoms in total. The molecule has 0 saturated heterocycles. The van der Waals surface area contributed by atoms with E-state index in [-0.39, 0.29) is 15.4 Å². The van der Waals surface area contributed by atoms with Crippen LogP contribution >= 0.6 is 0 Å². The van der Waals surface area contributed by atoms with Gasteiger partial charge in [0.05, 0.1) is 15.8 Å². The van der Waals surface area contributed by atoms with Crippen LogP contribution in [0.25, 0.3) is 0 Å². The van der Waals surface area contributed by atoms with Crippen LogP contribution in [0.4, 0.5) is 5.69 Å². The number of sulfonamides is 1. The van der Waals surface area contributed by atoms with Crippen LogP contribution in [0, 0.1) is 13.8 Å². The zero-order valence-electron chi connectivity index (χ0n) is 18.8. The van der Waals surface area contributed by atoms with E-state index in [0.717, 1.165) is 17.4 Å². The summed E-state index contributed by atoms with van der Waals surface area (Å²) in [5.74, 6) is -0.443. The molecule has 3 aromatic rings. The fourth-order valence-electron chi connectivity index (χ4n) is 3.32. The molecule has 174 valence electrons. The van der Waals surface area contributed by atoms with E-state index in [1.165, 1.54) is 18.2 Å². The summed E-state index contributed by atoms with van der Waals surface area (Å²) in [5.41, 5.74) is 2.78. The Balaban J connectivity index is 1.81. The Morgan fingerprint density at radius 3 is 2.15 bits per heavy atom. The molecule has 0 unspecified atom stereocenters. The lowest BCUT2D eigenvalue weighted by molar-refractivity contribution is 0.0939. The predicted octanol–water partition coefficient (Wildman–Crippen LogP) is 4.00. The van der Waals surface area contributed by atoms with Gasteiger partial charge in [-0.15, -0.1) is 0 Å². The highest BCUT2D eigenvalue weighted by Crippen LogP contribution is 2.22. The average molecular weight is 487 g/mol. The molecule has 0 aliphatic carbocycles. The average Bonchev–Trinajstić information content (AvgIpc) is 2.73. The van der Waals surface area contributed by atoms with E-state index in [2.05, 4.69) is 10.0 Å². The number of carbonyl (C=O) groups is 1. The summed E-state index contributed by atoms with van der Waals surface area (Å²) < 4.78 is 51.8. The quantitative estimate of drug-likeness (QED) is 0.525. The zero-order valence-corrected chi connectivity index (χ0v) is 20.4. The first kappa shape index (κ1) is 24.5. The van der Waals surface area contributed by atoms with Crippen molar-refractivity contribution in [2.75, 3.05) is 11.0 Å². The molecule has 3 rings (SSSR count). The monoisotopic (exact) mass is 486 g/mol. The van der Waals surface area contributed by atoms with Crippen LogP contribution in [0.15, 0.2) is 76.5 Å². The normalized spacial score (nSPS) is 12.7. The fourth-order valence-corrected chi connectivity index (χ4v) is 5.27. The van der Waals surface area contributed by atoms with Crippen molar-refractivity contribution in [1.29, 1.82) is 0 Å². The third-order valence-corrected chi connectivity index (χ3v) is 7.82. The Kier molecular flexibility index (Phi) is 6.94. The van der Waals surface area contributed by atoms with Crippen molar-refractivity contribution in [3.05, 3.63) is 89.0 Å². The molecule has 0 fully saturated rings. The molecule has 0 aromatic heterocycles. The number of rotatable bonds is 7. The summed E-state index contributed by atoms with van der Waals surface area (Å²) in [6, 6.07) is 17.3. The number of aryl methyl sites for hydroxylation is 2. The van der Waals surface area contributed by atoms with Crippen molar-refractivity contribution >= 4 is 31.5 Å². The lowest BCUT2D eigenvalue weighted by atomic mass is 10.1. The summed E-state index contributed by atoms with van der Waals surface area (Å²) in [6.07, 6.45) is 1.13. The third kappa shape index (κ3) is 6.00. The summed E-state index contributed by atoms with van der Waals surface area (Å²) >= 11 is 0. The van der Waals surface area contributed by atoms with Gasteiger partial charge in [-0.05, 0) is 73.9 Å². The first-order valence-electron chi connectivity index (χ1n) is 10.2. The van der Waals surface area contributed by atoms with Gasteiger partial charge in [0.1, 0.15) is 0 Å². The van der Waals surface area contributed by atoms with Crippen LogP contribution in [0.5, 0.6) is 0 Å². The Morgan fingerprint density at radius 2 is 1.55 bits per heavy atom. The van der Waals surface area contributed by atoms with Crippen molar-refractivity contribution < 1.29 is 21.6 Å². The molecule has 0 bridgehead atoms. The summed E-state index contributed by atoms with van der Waals surface area (Å²) in [4.78, 5) is 13.0. The number of sulfone groups is 1. The van der Waals surface area contributed by atoms with Crippen LogP contribution in [-0.2, 0) is 19.9 Å². The Morgan fingerprint density at radius 1 is 0.879 bits per heavy atom. The van der Waals surface area contributed by atoms with E-state index in [9.17, 15) is 21.6 Å². The van der Waals surface area contributed by atoms with E-state index in [0.29, 0.717) is 11.3 Å². The number of nitrogens with one attached hydrogen (secondary N) is 2. The molecule has 0 heterocycles. The fraction of sp³-hybridized carbons (Fsp3) is 0.208. The largest absolute Gasteiger partial charge is 0.346 e. The third-order valence-electron chi connectivity index (χ3n) is 5.17. The first-order valence-corrected chi connectivity index (χ1v) is 13.6. The second-order valence-electron chi connectivity index (χ2n) is 7.99. The van der Waals surface area contributed by atoms with Gasteiger partial charge in [-0.1, -0.05) is 30.3 Å². The van der Waals surface area contributed by atoms with Gasteiger partial charge in [-0.25, -0.2) is 16.8 Å². The number of benzene rings is 3. The Hall–Kier alpha value is -3.17. The van der Waals surface area contributed by atoms with Gasteiger partial charge in [-0.3, -0.25) is 9.52 Å². The standard InChI is InChI=1S/C24H26N2O5S2/c1-16-6-5-7-21(14-16)26-33(30,31)23-15-20(9-8-17(23)2)24(27)25-18(3)19-10-12-22(13-11-19)32(4,28)29/h5-15,18,26H,1-4H3,(H,25,27)/t18-/m0/s1. The number of hydrogen-bond acceptors (Lipinski definition) is 5. The molecule has 33 heavy (non-hydrogen) atoms. The molecule has 0 radical (unpaired) electrons. The summed E-state index contributed by atoms with van der Waals surface area (Å²) in [7, 11) is -7.21. The van der Waals surface area contributed by atoms with Gasteiger partial charge in [0.25, 0.3) is 15.9 Å². The predicted molar refractivity (Wildman–Crippen MR) is 129 cm³/mol. The van der Waals surface area contributed by atoms with Gasteiger partial charge in [0.15, 0.2) is 9.84 Å². The first-order chi connectivity index (χ1) is 15.4. The van der Waals surface area contributed by atoms with Crippen molar-refractivity contribution in [1.82, 2.24) is 5.32 Å². The van der Waals surface area contributed by atoms with E-state index >= 15 is 0 Å². The minimum Gasteiger partial charge on any atom is -0.346 e. The van der Waals surface area contributed by atoms with Gasteiger partial charge in [0, 0.05) is 17.5 Å². The zero-order chi connectivity index (χ0) is 24.4. The second-order valence-corrected chi connectivity index (χ2v) is 11.7. The highest BCUT2D eigenvalue weighted by atomic mass is 32.2. The maximum absolute atomic E-state index is 13.0. The van der Waals surface area contributed by atoms with E-state index < -0.39 is 31.8 Å². The van der Waals surface area contributed by atoms with Crippen LogP contribution in [0.2, 0.25) is 0 Å². The van der Waals surface area contributed by atoms with Crippen LogP contribution in [-0.4, -0.2) is 29.0 Å². The highest BCUT2D eigenvalue weighted by Gasteiger charge is 2.20.